The first-order chi connectivity index (χ1) is 12.5. The number of benzene rings is 1. The van der Waals surface area contributed by atoms with E-state index in [0.29, 0.717) is 17.5 Å². The molecule has 1 amide bonds. The molecule has 28 heavy (non-hydrogen) atoms. The number of aromatic nitrogens is 2. The Labute approximate surface area is 177 Å². The molecule has 0 spiro atoms. The van der Waals surface area contributed by atoms with E-state index in [1.807, 2.05) is 13.1 Å². The summed E-state index contributed by atoms with van der Waals surface area (Å²) < 4.78 is 6.69. The summed E-state index contributed by atoms with van der Waals surface area (Å²) in [6.07, 6.45) is 4.32. The molecule has 3 rings (SSSR count). The van der Waals surface area contributed by atoms with Crippen molar-refractivity contribution < 1.29 is 14.3 Å². The molecule has 1 fully saturated rings. The number of nitrogens with zero attached hydrogens (tertiary/aromatic N) is 2. The lowest BCUT2D eigenvalue weighted by molar-refractivity contribution is -0.140. The van der Waals surface area contributed by atoms with E-state index in [4.69, 9.17) is 10.7 Å². The van der Waals surface area contributed by atoms with Crippen LogP contribution in [0.25, 0.3) is 11.0 Å². The summed E-state index contributed by atoms with van der Waals surface area (Å²) in [5.41, 5.74) is 8.38. The van der Waals surface area contributed by atoms with Gasteiger partial charge in [-0.05, 0) is 43.9 Å². The maximum atomic E-state index is 12.3. The van der Waals surface area contributed by atoms with Crippen molar-refractivity contribution in [2.75, 3.05) is 13.7 Å². The third-order valence-corrected chi connectivity index (χ3v) is 5.16. The molecule has 7 nitrogen and oxygen atoms in total. The van der Waals surface area contributed by atoms with Gasteiger partial charge in [-0.3, -0.25) is 9.59 Å². The number of hydrogen-bond acceptors (Lipinski definition) is 5. The number of methoxy groups -OCH3 is 1. The fourth-order valence-electron chi connectivity index (χ4n) is 3.58. The molecule has 0 bridgehead atoms. The molecule has 0 unspecified atom stereocenters. The van der Waals surface area contributed by atoms with E-state index in [1.54, 1.807) is 12.1 Å². The molecule has 1 saturated carbocycles. The minimum Gasteiger partial charge on any atom is -0.469 e. The zero-order chi connectivity index (χ0) is 18.7. The molecule has 0 aliphatic heterocycles. The highest BCUT2D eigenvalue weighted by Gasteiger charge is 2.24. The van der Waals surface area contributed by atoms with Crippen LogP contribution in [0.2, 0.25) is 0 Å². The summed E-state index contributed by atoms with van der Waals surface area (Å²) in [5.74, 6) is 0.925. The summed E-state index contributed by atoms with van der Waals surface area (Å²) in [7, 11) is 3.35. The number of esters is 1. The second-order valence-corrected chi connectivity index (χ2v) is 6.93. The Morgan fingerprint density at radius 1 is 1.25 bits per heavy atom. The van der Waals surface area contributed by atoms with Gasteiger partial charge in [-0.25, -0.2) is 4.98 Å². The van der Waals surface area contributed by atoms with Crippen LogP contribution in [0.5, 0.6) is 0 Å². The van der Waals surface area contributed by atoms with Gasteiger partial charge < -0.3 is 20.4 Å². The maximum Gasteiger partial charge on any atom is 0.307 e. The van der Waals surface area contributed by atoms with Gasteiger partial charge in [0.25, 0.3) is 5.91 Å². The normalized spacial score (nSPS) is 18.7. The van der Waals surface area contributed by atoms with E-state index >= 15 is 0 Å². The summed E-state index contributed by atoms with van der Waals surface area (Å²) in [5, 5.41) is 2.73. The SMILES string of the molecule is COC(=O)CCNC(=O)c1ccc2c(c1)nc(C1CCC(N)CC1)n2C.Cl.Cl. The molecule has 1 aromatic heterocycles. The van der Waals surface area contributed by atoms with Gasteiger partial charge >= 0.3 is 5.97 Å². The van der Waals surface area contributed by atoms with Gasteiger partial charge in [0.1, 0.15) is 5.82 Å². The summed E-state index contributed by atoms with van der Waals surface area (Å²) >= 11 is 0. The van der Waals surface area contributed by atoms with E-state index in [2.05, 4.69) is 14.6 Å². The number of hydrogen-bond donors (Lipinski definition) is 2. The number of amides is 1. The number of aryl methyl sites for hydroxylation is 1. The van der Waals surface area contributed by atoms with Gasteiger partial charge in [-0.2, -0.15) is 0 Å². The van der Waals surface area contributed by atoms with Crippen molar-refractivity contribution in [2.24, 2.45) is 12.8 Å². The lowest BCUT2D eigenvalue weighted by Crippen LogP contribution is -2.26. The van der Waals surface area contributed by atoms with Crippen LogP contribution in [0.3, 0.4) is 0 Å². The van der Waals surface area contributed by atoms with Crippen LogP contribution in [0.1, 0.15) is 54.2 Å². The van der Waals surface area contributed by atoms with Crippen LogP contribution in [0.4, 0.5) is 0 Å². The highest BCUT2D eigenvalue weighted by Crippen LogP contribution is 2.33. The number of nitrogens with two attached hydrogens (primary N) is 1. The second-order valence-electron chi connectivity index (χ2n) is 6.93. The Morgan fingerprint density at radius 2 is 1.93 bits per heavy atom. The topological polar surface area (TPSA) is 99.2 Å². The van der Waals surface area contributed by atoms with Crippen molar-refractivity contribution in [3.8, 4) is 0 Å². The number of carbonyl (C=O) groups is 2. The number of imidazole rings is 1. The molecule has 1 aliphatic rings. The van der Waals surface area contributed by atoms with E-state index in [1.165, 1.54) is 7.11 Å². The van der Waals surface area contributed by atoms with Crippen molar-refractivity contribution in [1.29, 1.82) is 0 Å². The summed E-state index contributed by atoms with van der Waals surface area (Å²) in [6, 6.07) is 5.83. The fourth-order valence-corrected chi connectivity index (χ4v) is 3.58. The minimum absolute atomic E-state index is 0. The Hall–Kier alpha value is -1.83. The standard InChI is InChI=1S/C19H26N4O3.2ClH/c1-23-16-8-5-13(19(25)21-10-9-17(24)26-2)11-15(16)22-18(23)12-3-6-14(20)7-4-12;;/h5,8,11-12,14H,3-4,6-7,9-10,20H2,1-2H3,(H,21,25);2*1H. The zero-order valence-corrected chi connectivity index (χ0v) is 17.8. The number of rotatable bonds is 5. The Kier molecular flexibility index (Phi) is 9.20. The zero-order valence-electron chi connectivity index (χ0n) is 16.1. The van der Waals surface area contributed by atoms with Crippen LogP contribution in [-0.4, -0.2) is 41.1 Å². The fraction of sp³-hybridized carbons (Fsp3) is 0.526. The van der Waals surface area contributed by atoms with E-state index in [9.17, 15) is 9.59 Å². The molecule has 3 N–H and O–H groups in total. The van der Waals surface area contributed by atoms with Crippen LogP contribution in [0, 0.1) is 0 Å². The predicted molar refractivity (Wildman–Crippen MR) is 113 cm³/mol. The van der Waals surface area contributed by atoms with Crippen LogP contribution in [-0.2, 0) is 16.6 Å². The predicted octanol–water partition coefficient (Wildman–Crippen LogP) is 2.69. The van der Waals surface area contributed by atoms with Crippen molar-refractivity contribution in [2.45, 2.75) is 44.1 Å². The van der Waals surface area contributed by atoms with Crippen molar-refractivity contribution in [3.63, 3.8) is 0 Å². The molecule has 156 valence electrons. The van der Waals surface area contributed by atoms with E-state index in [0.717, 1.165) is 42.5 Å². The third-order valence-electron chi connectivity index (χ3n) is 5.16. The van der Waals surface area contributed by atoms with Crippen molar-refractivity contribution >= 4 is 47.7 Å². The third kappa shape index (κ3) is 5.37. The Balaban J connectivity index is 0.00000196. The highest BCUT2D eigenvalue weighted by atomic mass is 35.5. The van der Waals surface area contributed by atoms with Crippen molar-refractivity contribution in [1.82, 2.24) is 14.9 Å². The van der Waals surface area contributed by atoms with E-state index < -0.39 is 0 Å². The van der Waals surface area contributed by atoms with Gasteiger partial charge in [0.15, 0.2) is 0 Å². The van der Waals surface area contributed by atoms with Gasteiger partial charge in [0, 0.05) is 31.1 Å². The smallest absolute Gasteiger partial charge is 0.307 e. The molecular weight excluding hydrogens is 403 g/mol. The molecule has 0 saturated heterocycles. The molecule has 1 aliphatic carbocycles. The van der Waals surface area contributed by atoms with Crippen molar-refractivity contribution in [3.05, 3.63) is 29.6 Å². The quantitative estimate of drug-likeness (QED) is 0.710. The van der Waals surface area contributed by atoms with Gasteiger partial charge in [-0.15, -0.1) is 24.8 Å². The highest BCUT2D eigenvalue weighted by molar-refractivity contribution is 5.97. The first-order valence-corrected chi connectivity index (χ1v) is 9.06. The average Bonchev–Trinajstić information content (AvgIpc) is 2.98. The van der Waals surface area contributed by atoms with Crippen LogP contribution < -0.4 is 11.1 Å². The summed E-state index contributed by atoms with van der Waals surface area (Å²) in [4.78, 5) is 28.2. The lowest BCUT2D eigenvalue weighted by Gasteiger charge is -2.25. The Morgan fingerprint density at radius 3 is 2.57 bits per heavy atom. The summed E-state index contributed by atoms with van der Waals surface area (Å²) in [6.45, 7) is 0.249. The average molecular weight is 431 g/mol. The molecular formula is C19H28Cl2N4O3. The first-order valence-electron chi connectivity index (χ1n) is 9.06. The molecule has 2 aromatic rings. The number of halogens is 2. The molecule has 0 radical (unpaired) electrons. The molecule has 0 atom stereocenters. The largest absolute Gasteiger partial charge is 0.469 e. The Bertz CT molecular complexity index is 817. The van der Waals surface area contributed by atoms with Crippen LogP contribution >= 0.6 is 24.8 Å². The lowest BCUT2D eigenvalue weighted by atomic mass is 9.86. The monoisotopic (exact) mass is 430 g/mol. The second kappa shape index (κ2) is 10.6. The first kappa shape index (κ1) is 24.2. The van der Waals surface area contributed by atoms with Gasteiger partial charge in [0.2, 0.25) is 0 Å². The number of ether oxygens (including phenoxy) is 1. The number of fused-ring (bicyclic) bond motifs is 1. The van der Waals surface area contributed by atoms with Gasteiger partial charge in [-0.1, -0.05) is 0 Å². The minimum atomic E-state index is -0.345. The van der Waals surface area contributed by atoms with E-state index in [-0.39, 0.29) is 49.7 Å². The molecule has 1 aromatic carbocycles. The number of carbonyl (C=O) groups excluding carboxylic acids is 2. The van der Waals surface area contributed by atoms with Gasteiger partial charge in [0.05, 0.1) is 24.6 Å². The number of nitrogens with one attached hydrogen (secondary N) is 1. The maximum absolute atomic E-state index is 12.3. The molecule has 1 heterocycles. The van der Waals surface area contributed by atoms with Crippen LogP contribution in [0.15, 0.2) is 18.2 Å². The molecule has 9 heteroatoms.